The Kier molecular flexibility index (Phi) is 5.15. The first-order valence-electron chi connectivity index (χ1n) is 6.88. The van der Waals surface area contributed by atoms with E-state index in [1.807, 2.05) is 12.1 Å². The van der Waals surface area contributed by atoms with Crippen molar-refractivity contribution in [2.75, 3.05) is 13.1 Å². The van der Waals surface area contributed by atoms with Crippen LogP contribution in [0.1, 0.15) is 29.3 Å². The van der Waals surface area contributed by atoms with Crippen LogP contribution in [0.3, 0.4) is 0 Å². The molecule has 1 saturated heterocycles. The van der Waals surface area contributed by atoms with Crippen LogP contribution < -0.4 is 5.32 Å². The first kappa shape index (κ1) is 15.0. The van der Waals surface area contributed by atoms with Gasteiger partial charge in [-0.25, -0.2) is 0 Å². The number of rotatable bonds is 4. The molecule has 1 aliphatic heterocycles. The van der Waals surface area contributed by atoms with Crippen molar-refractivity contribution in [1.29, 1.82) is 0 Å². The van der Waals surface area contributed by atoms with Crippen molar-refractivity contribution in [3.8, 4) is 0 Å². The van der Waals surface area contributed by atoms with E-state index in [1.54, 1.807) is 0 Å². The summed E-state index contributed by atoms with van der Waals surface area (Å²) in [4.78, 5) is 4.50. The van der Waals surface area contributed by atoms with E-state index >= 15 is 0 Å². The Labute approximate surface area is 125 Å². The lowest BCUT2D eigenvalue weighted by Crippen LogP contribution is -2.10. The number of aryl methyl sites for hydroxylation is 1. The highest BCUT2D eigenvalue weighted by atomic mass is 35.5. The molecule has 0 radical (unpaired) electrons. The maximum absolute atomic E-state index is 5.35. The summed E-state index contributed by atoms with van der Waals surface area (Å²) in [5.41, 5.74) is 2.53. The molecule has 1 aromatic heterocycles. The van der Waals surface area contributed by atoms with Crippen LogP contribution in [0.25, 0.3) is 0 Å². The summed E-state index contributed by atoms with van der Waals surface area (Å²) in [5, 5.41) is 7.44. The second-order valence-electron chi connectivity index (χ2n) is 5.27. The highest BCUT2D eigenvalue weighted by Crippen LogP contribution is 2.15. The van der Waals surface area contributed by atoms with Gasteiger partial charge in [-0.3, -0.25) is 0 Å². The average molecular weight is 294 g/mol. The van der Waals surface area contributed by atoms with Crippen LogP contribution in [-0.4, -0.2) is 23.2 Å². The summed E-state index contributed by atoms with van der Waals surface area (Å²) in [7, 11) is 0. The van der Waals surface area contributed by atoms with Crippen LogP contribution in [0, 0.1) is 12.8 Å². The zero-order chi connectivity index (χ0) is 13.1. The third-order valence-electron chi connectivity index (χ3n) is 3.75. The monoisotopic (exact) mass is 293 g/mol. The van der Waals surface area contributed by atoms with E-state index in [0.29, 0.717) is 5.92 Å². The van der Waals surface area contributed by atoms with Gasteiger partial charge < -0.3 is 9.84 Å². The lowest BCUT2D eigenvalue weighted by molar-refractivity contribution is 0.354. The zero-order valence-corrected chi connectivity index (χ0v) is 12.4. The molecule has 1 aromatic carbocycles. The summed E-state index contributed by atoms with van der Waals surface area (Å²) in [6.07, 6.45) is 2.85. The number of aromatic nitrogens is 2. The maximum atomic E-state index is 5.35. The van der Waals surface area contributed by atoms with Crippen LogP contribution >= 0.6 is 12.4 Å². The van der Waals surface area contributed by atoms with Crippen LogP contribution in [0.4, 0.5) is 0 Å². The van der Waals surface area contributed by atoms with Gasteiger partial charge in [0.2, 0.25) is 5.89 Å². The fourth-order valence-corrected chi connectivity index (χ4v) is 2.56. The van der Waals surface area contributed by atoms with Crippen LogP contribution in [0.2, 0.25) is 0 Å². The van der Waals surface area contributed by atoms with Crippen LogP contribution in [0.5, 0.6) is 0 Å². The minimum atomic E-state index is 0. The van der Waals surface area contributed by atoms with Crippen molar-refractivity contribution < 1.29 is 4.52 Å². The summed E-state index contributed by atoms with van der Waals surface area (Å²) in [5.74, 6) is 2.21. The number of nitrogens with zero attached hydrogens (tertiary/aromatic N) is 2. The summed E-state index contributed by atoms with van der Waals surface area (Å²) < 4.78 is 5.35. The third kappa shape index (κ3) is 3.58. The number of hydrogen-bond donors (Lipinski definition) is 1. The molecule has 108 valence electrons. The summed E-state index contributed by atoms with van der Waals surface area (Å²) in [6.45, 7) is 4.28. The van der Waals surface area contributed by atoms with Crippen molar-refractivity contribution in [3.63, 3.8) is 0 Å². The van der Waals surface area contributed by atoms with Gasteiger partial charge in [0.25, 0.3) is 0 Å². The van der Waals surface area contributed by atoms with Crippen molar-refractivity contribution in [2.24, 2.45) is 5.92 Å². The molecule has 1 N–H and O–H groups in total. The van der Waals surface area contributed by atoms with Crippen LogP contribution in [-0.2, 0) is 12.8 Å². The van der Waals surface area contributed by atoms with Gasteiger partial charge in [-0.05, 0) is 43.5 Å². The van der Waals surface area contributed by atoms with Gasteiger partial charge in [-0.15, -0.1) is 12.4 Å². The molecule has 3 rings (SSSR count). The fourth-order valence-electron chi connectivity index (χ4n) is 2.56. The van der Waals surface area contributed by atoms with Gasteiger partial charge in [0.1, 0.15) is 0 Å². The normalized spacial score (nSPS) is 17.9. The molecule has 0 spiro atoms. The molecule has 1 atom stereocenters. The lowest BCUT2D eigenvalue weighted by atomic mass is 10.1. The fraction of sp³-hybridized carbons (Fsp3) is 0.467. The Balaban J connectivity index is 0.00000147. The molecule has 1 fully saturated rings. The first-order valence-corrected chi connectivity index (χ1v) is 6.88. The average Bonchev–Trinajstić information content (AvgIpc) is 3.05. The Bertz CT molecular complexity index is 550. The van der Waals surface area contributed by atoms with Crippen molar-refractivity contribution in [3.05, 3.63) is 47.1 Å². The molecule has 2 heterocycles. The highest BCUT2D eigenvalue weighted by molar-refractivity contribution is 5.85. The minimum Gasteiger partial charge on any atom is -0.339 e. The Morgan fingerprint density at radius 2 is 2.20 bits per heavy atom. The van der Waals surface area contributed by atoms with Gasteiger partial charge >= 0.3 is 0 Å². The minimum absolute atomic E-state index is 0. The zero-order valence-electron chi connectivity index (χ0n) is 11.6. The molecule has 5 heteroatoms. The topological polar surface area (TPSA) is 51.0 Å². The van der Waals surface area contributed by atoms with Gasteiger partial charge in [0, 0.05) is 12.8 Å². The van der Waals surface area contributed by atoms with Crippen molar-refractivity contribution >= 4 is 12.4 Å². The maximum Gasteiger partial charge on any atom is 0.226 e. The quantitative estimate of drug-likeness (QED) is 0.941. The van der Waals surface area contributed by atoms with Crippen molar-refractivity contribution in [1.82, 2.24) is 15.5 Å². The molecule has 1 aliphatic rings. The number of halogens is 1. The van der Waals surface area contributed by atoms with E-state index in [4.69, 9.17) is 4.52 Å². The van der Waals surface area contributed by atoms with E-state index in [0.717, 1.165) is 37.6 Å². The lowest BCUT2D eigenvalue weighted by Gasteiger charge is -2.02. The Morgan fingerprint density at radius 1 is 1.35 bits per heavy atom. The van der Waals surface area contributed by atoms with E-state index in [2.05, 4.69) is 34.5 Å². The number of benzene rings is 1. The van der Waals surface area contributed by atoms with E-state index in [-0.39, 0.29) is 12.4 Å². The third-order valence-corrected chi connectivity index (χ3v) is 3.75. The second kappa shape index (κ2) is 6.86. The largest absolute Gasteiger partial charge is 0.339 e. The molecule has 1 unspecified atom stereocenters. The van der Waals surface area contributed by atoms with Crippen LogP contribution in [0.15, 0.2) is 28.8 Å². The summed E-state index contributed by atoms with van der Waals surface area (Å²) in [6, 6.07) is 8.33. The smallest absolute Gasteiger partial charge is 0.226 e. The second-order valence-corrected chi connectivity index (χ2v) is 5.27. The summed E-state index contributed by atoms with van der Waals surface area (Å²) >= 11 is 0. The number of hydrogen-bond acceptors (Lipinski definition) is 4. The van der Waals surface area contributed by atoms with Gasteiger partial charge in [-0.1, -0.05) is 29.4 Å². The van der Waals surface area contributed by atoms with E-state index in [9.17, 15) is 0 Å². The van der Waals surface area contributed by atoms with Gasteiger partial charge in [-0.2, -0.15) is 4.98 Å². The molecule has 4 nitrogen and oxygen atoms in total. The molecule has 0 saturated carbocycles. The van der Waals surface area contributed by atoms with Crippen molar-refractivity contribution in [2.45, 2.75) is 26.2 Å². The molecular formula is C15H20ClN3O. The molecule has 0 aliphatic carbocycles. The molecule has 0 bridgehead atoms. The Morgan fingerprint density at radius 3 is 2.95 bits per heavy atom. The molecular weight excluding hydrogens is 274 g/mol. The first-order chi connectivity index (χ1) is 9.31. The van der Waals surface area contributed by atoms with E-state index < -0.39 is 0 Å². The van der Waals surface area contributed by atoms with Gasteiger partial charge in [0.05, 0.1) is 0 Å². The Hall–Kier alpha value is -1.39. The predicted octanol–water partition coefficient (Wildman–Crippen LogP) is 2.54. The molecule has 2 aromatic rings. The standard InChI is InChI=1S/C15H19N3O.ClH/c1-11-4-2-3-5-13(11)9-14-17-15(19-18-14)8-12-6-7-16-10-12;/h2-5,12,16H,6-10H2,1H3;1H. The highest BCUT2D eigenvalue weighted by Gasteiger charge is 2.18. The number of nitrogens with one attached hydrogen (secondary N) is 1. The molecule has 0 amide bonds. The predicted molar refractivity (Wildman–Crippen MR) is 80.2 cm³/mol. The van der Waals surface area contributed by atoms with Gasteiger partial charge in [0.15, 0.2) is 5.82 Å². The molecule has 20 heavy (non-hydrogen) atoms. The SMILES string of the molecule is Cc1ccccc1Cc1noc(CC2CCNC2)n1.Cl. The van der Waals surface area contributed by atoms with E-state index in [1.165, 1.54) is 17.5 Å².